The van der Waals surface area contributed by atoms with Gasteiger partial charge in [0.15, 0.2) is 5.82 Å². The van der Waals surface area contributed by atoms with E-state index < -0.39 is 0 Å². The van der Waals surface area contributed by atoms with Crippen molar-refractivity contribution < 1.29 is 4.79 Å². The van der Waals surface area contributed by atoms with Crippen molar-refractivity contribution in [3.05, 3.63) is 64.4 Å². The molecule has 1 amide bonds. The van der Waals surface area contributed by atoms with Gasteiger partial charge >= 0.3 is 0 Å². The Morgan fingerprint density at radius 1 is 1.27 bits per heavy atom. The molecule has 4 rings (SSSR count). The molecule has 3 heterocycles. The SMILES string of the molecule is CC1(C)Cc2nc(-c3ccncc3)ncc2[C@H](NC(=O)c2cccs2)C1. The van der Waals surface area contributed by atoms with Crippen molar-refractivity contribution >= 4 is 17.2 Å². The Balaban J connectivity index is 1.67. The fraction of sp³-hybridized carbons (Fsp3) is 0.300. The highest BCUT2D eigenvalue weighted by atomic mass is 32.1. The zero-order valence-corrected chi connectivity index (χ0v) is 15.6. The molecule has 1 atom stereocenters. The first kappa shape index (κ1) is 16.8. The van der Waals surface area contributed by atoms with E-state index >= 15 is 0 Å². The third-order valence-corrected chi connectivity index (χ3v) is 5.54. The summed E-state index contributed by atoms with van der Waals surface area (Å²) in [6.07, 6.45) is 7.09. The van der Waals surface area contributed by atoms with Gasteiger partial charge in [-0.1, -0.05) is 19.9 Å². The van der Waals surface area contributed by atoms with Crippen LogP contribution in [0.3, 0.4) is 0 Å². The summed E-state index contributed by atoms with van der Waals surface area (Å²) in [4.78, 5) is 26.7. The summed E-state index contributed by atoms with van der Waals surface area (Å²) in [5, 5.41) is 5.09. The molecule has 3 aromatic rings. The number of pyridine rings is 1. The maximum absolute atomic E-state index is 12.5. The minimum absolute atomic E-state index is 0.0353. The van der Waals surface area contributed by atoms with Gasteiger partial charge < -0.3 is 5.32 Å². The van der Waals surface area contributed by atoms with E-state index in [0.29, 0.717) is 5.82 Å². The lowest BCUT2D eigenvalue weighted by atomic mass is 9.74. The second-order valence-electron chi connectivity index (χ2n) is 7.38. The monoisotopic (exact) mass is 364 g/mol. The Bertz CT molecular complexity index is 922. The van der Waals surface area contributed by atoms with Crippen molar-refractivity contribution in [1.82, 2.24) is 20.3 Å². The van der Waals surface area contributed by atoms with Gasteiger partial charge in [-0.25, -0.2) is 9.97 Å². The first-order valence-corrected chi connectivity index (χ1v) is 9.50. The van der Waals surface area contributed by atoms with Gasteiger partial charge in [-0.05, 0) is 41.8 Å². The number of hydrogen-bond acceptors (Lipinski definition) is 5. The Morgan fingerprint density at radius 3 is 2.81 bits per heavy atom. The van der Waals surface area contributed by atoms with Crippen LogP contribution < -0.4 is 5.32 Å². The highest BCUT2D eigenvalue weighted by molar-refractivity contribution is 7.12. The van der Waals surface area contributed by atoms with Crippen LogP contribution in [0.15, 0.2) is 48.2 Å². The highest BCUT2D eigenvalue weighted by Gasteiger charge is 2.34. The molecule has 0 aromatic carbocycles. The van der Waals surface area contributed by atoms with Crippen LogP contribution in [0, 0.1) is 5.41 Å². The minimum atomic E-state index is -0.0742. The third kappa shape index (κ3) is 3.37. The van der Waals surface area contributed by atoms with E-state index in [1.165, 1.54) is 11.3 Å². The second-order valence-corrected chi connectivity index (χ2v) is 8.33. The van der Waals surface area contributed by atoms with Crippen LogP contribution in [0.5, 0.6) is 0 Å². The lowest BCUT2D eigenvalue weighted by Gasteiger charge is -2.36. The maximum Gasteiger partial charge on any atom is 0.261 e. The fourth-order valence-corrected chi connectivity index (χ4v) is 4.08. The standard InChI is InChI=1S/C20H20N4OS/c1-20(2)10-15-14(12-22-18(23-15)13-5-7-21-8-6-13)16(11-20)24-19(25)17-4-3-9-26-17/h3-9,12,16H,10-11H2,1-2H3,(H,24,25)/t16-/m1/s1. The molecule has 0 radical (unpaired) electrons. The van der Waals surface area contributed by atoms with Crippen LogP contribution in [0.4, 0.5) is 0 Å². The smallest absolute Gasteiger partial charge is 0.261 e. The lowest BCUT2D eigenvalue weighted by molar-refractivity contribution is 0.0923. The Hall–Kier alpha value is -2.60. The van der Waals surface area contributed by atoms with Crippen molar-refractivity contribution in [3.63, 3.8) is 0 Å². The van der Waals surface area contributed by atoms with Crippen LogP contribution in [-0.2, 0) is 6.42 Å². The molecule has 0 aliphatic heterocycles. The van der Waals surface area contributed by atoms with E-state index in [4.69, 9.17) is 4.98 Å². The maximum atomic E-state index is 12.5. The van der Waals surface area contributed by atoms with Crippen molar-refractivity contribution in [2.24, 2.45) is 5.41 Å². The molecule has 26 heavy (non-hydrogen) atoms. The van der Waals surface area contributed by atoms with E-state index in [1.807, 2.05) is 35.8 Å². The fourth-order valence-electron chi connectivity index (χ4n) is 3.45. The van der Waals surface area contributed by atoms with Crippen LogP contribution in [0.25, 0.3) is 11.4 Å². The summed E-state index contributed by atoms with van der Waals surface area (Å²) < 4.78 is 0. The van der Waals surface area contributed by atoms with Gasteiger partial charge in [-0.15, -0.1) is 11.3 Å². The molecule has 0 saturated carbocycles. The van der Waals surface area contributed by atoms with Crippen molar-refractivity contribution in [2.75, 3.05) is 0 Å². The molecule has 1 N–H and O–H groups in total. The summed E-state index contributed by atoms with van der Waals surface area (Å²) in [5.41, 5.74) is 3.04. The van der Waals surface area contributed by atoms with E-state index in [9.17, 15) is 4.79 Å². The number of fused-ring (bicyclic) bond motifs is 1. The second kappa shape index (κ2) is 6.61. The summed E-state index contributed by atoms with van der Waals surface area (Å²) in [6.45, 7) is 4.43. The highest BCUT2D eigenvalue weighted by Crippen LogP contribution is 2.40. The Morgan fingerprint density at radius 2 is 2.08 bits per heavy atom. The summed E-state index contributed by atoms with van der Waals surface area (Å²) in [6, 6.07) is 7.48. The zero-order chi connectivity index (χ0) is 18.1. The van der Waals surface area contributed by atoms with Gasteiger partial charge in [0.05, 0.1) is 16.6 Å². The molecule has 3 aromatic heterocycles. The molecular weight excluding hydrogens is 344 g/mol. The van der Waals surface area contributed by atoms with Crippen LogP contribution >= 0.6 is 11.3 Å². The van der Waals surface area contributed by atoms with Crippen molar-refractivity contribution in [2.45, 2.75) is 32.7 Å². The van der Waals surface area contributed by atoms with E-state index in [2.05, 4.69) is 29.1 Å². The average molecular weight is 364 g/mol. The number of thiophene rings is 1. The molecule has 0 saturated heterocycles. The van der Waals surface area contributed by atoms with Gasteiger partial charge in [0.25, 0.3) is 5.91 Å². The van der Waals surface area contributed by atoms with E-state index in [-0.39, 0.29) is 17.4 Å². The molecule has 132 valence electrons. The number of nitrogens with one attached hydrogen (secondary N) is 1. The Kier molecular flexibility index (Phi) is 4.28. The largest absolute Gasteiger partial charge is 0.344 e. The summed E-state index contributed by atoms with van der Waals surface area (Å²) in [7, 11) is 0. The molecule has 5 nitrogen and oxygen atoms in total. The summed E-state index contributed by atoms with van der Waals surface area (Å²) in [5.74, 6) is 0.666. The van der Waals surface area contributed by atoms with Gasteiger partial charge in [0.2, 0.25) is 0 Å². The number of aromatic nitrogens is 3. The number of nitrogens with zero attached hydrogens (tertiary/aromatic N) is 3. The van der Waals surface area contributed by atoms with Gasteiger partial charge in [-0.3, -0.25) is 9.78 Å². The van der Waals surface area contributed by atoms with Crippen molar-refractivity contribution in [1.29, 1.82) is 0 Å². The third-order valence-electron chi connectivity index (χ3n) is 4.67. The number of amides is 1. The topological polar surface area (TPSA) is 67.8 Å². The first-order valence-electron chi connectivity index (χ1n) is 8.62. The number of hydrogen-bond donors (Lipinski definition) is 1. The average Bonchev–Trinajstić information content (AvgIpc) is 3.16. The normalized spacial score (nSPS) is 18.2. The Labute approximate surface area is 156 Å². The molecular formula is C20H20N4OS. The van der Waals surface area contributed by atoms with E-state index in [1.54, 1.807) is 12.4 Å². The van der Waals surface area contributed by atoms with Gasteiger partial charge in [0, 0.05) is 29.7 Å². The van der Waals surface area contributed by atoms with Crippen LogP contribution in [-0.4, -0.2) is 20.9 Å². The molecule has 0 fully saturated rings. The lowest BCUT2D eigenvalue weighted by Crippen LogP contribution is -2.37. The first-order chi connectivity index (χ1) is 12.5. The molecule has 0 spiro atoms. The zero-order valence-electron chi connectivity index (χ0n) is 14.8. The van der Waals surface area contributed by atoms with Crippen LogP contribution in [0.2, 0.25) is 0 Å². The van der Waals surface area contributed by atoms with Crippen molar-refractivity contribution in [3.8, 4) is 11.4 Å². The number of rotatable bonds is 3. The van der Waals surface area contributed by atoms with Crippen LogP contribution in [0.1, 0.15) is 47.2 Å². The molecule has 6 heteroatoms. The summed E-state index contributed by atoms with van der Waals surface area (Å²) >= 11 is 1.45. The quantitative estimate of drug-likeness (QED) is 0.761. The number of carbonyl (C=O) groups excluding carboxylic acids is 1. The predicted molar refractivity (Wildman–Crippen MR) is 102 cm³/mol. The molecule has 0 unspecified atom stereocenters. The van der Waals surface area contributed by atoms with Gasteiger partial charge in [-0.2, -0.15) is 0 Å². The van der Waals surface area contributed by atoms with E-state index in [0.717, 1.165) is 34.5 Å². The molecule has 1 aliphatic carbocycles. The molecule has 0 bridgehead atoms. The molecule has 1 aliphatic rings. The van der Waals surface area contributed by atoms with Gasteiger partial charge in [0.1, 0.15) is 0 Å². The minimum Gasteiger partial charge on any atom is -0.344 e. The predicted octanol–water partition coefficient (Wildman–Crippen LogP) is 4.04. The number of carbonyl (C=O) groups is 1.